The minimum atomic E-state index is 0.163. The molecule has 0 heterocycles. The van der Waals surface area contributed by atoms with Crippen LogP contribution < -0.4 is 0 Å². The number of amides is 1. The van der Waals surface area contributed by atoms with Crippen molar-refractivity contribution in [3.8, 4) is 0 Å². The standard InChI is InChI=1S/C8H16BrNOS/c1-4-7(6-12-3)10(2)8(11)5-9/h7H,4-6H2,1-3H3. The molecule has 0 aliphatic rings. The van der Waals surface area contributed by atoms with Crippen LogP contribution in [0.4, 0.5) is 0 Å². The monoisotopic (exact) mass is 253 g/mol. The summed E-state index contributed by atoms with van der Waals surface area (Å²) < 4.78 is 0. The van der Waals surface area contributed by atoms with Crippen molar-refractivity contribution >= 4 is 33.6 Å². The highest BCUT2D eigenvalue weighted by molar-refractivity contribution is 9.09. The quantitative estimate of drug-likeness (QED) is 0.699. The van der Waals surface area contributed by atoms with Gasteiger partial charge in [0, 0.05) is 18.8 Å². The summed E-state index contributed by atoms with van der Waals surface area (Å²) in [5.41, 5.74) is 0. The number of rotatable bonds is 5. The maximum atomic E-state index is 11.3. The average Bonchev–Trinajstić information content (AvgIpc) is 2.11. The normalized spacial score (nSPS) is 12.7. The molecule has 0 aromatic rings. The van der Waals surface area contributed by atoms with Gasteiger partial charge in [-0.1, -0.05) is 22.9 Å². The van der Waals surface area contributed by atoms with E-state index in [9.17, 15) is 4.79 Å². The van der Waals surface area contributed by atoms with Crippen molar-refractivity contribution < 1.29 is 4.79 Å². The van der Waals surface area contributed by atoms with Gasteiger partial charge in [-0.3, -0.25) is 4.79 Å². The van der Waals surface area contributed by atoms with Gasteiger partial charge in [0.05, 0.1) is 5.33 Å². The van der Waals surface area contributed by atoms with Crippen molar-refractivity contribution in [2.75, 3.05) is 24.4 Å². The van der Waals surface area contributed by atoms with Gasteiger partial charge in [0.2, 0.25) is 5.91 Å². The lowest BCUT2D eigenvalue weighted by Gasteiger charge is -2.25. The second-order valence-electron chi connectivity index (χ2n) is 2.66. The maximum Gasteiger partial charge on any atom is 0.233 e. The van der Waals surface area contributed by atoms with Crippen LogP contribution in [0.15, 0.2) is 0 Å². The van der Waals surface area contributed by atoms with Gasteiger partial charge in [-0.2, -0.15) is 11.8 Å². The van der Waals surface area contributed by atoms with Crippen LogP contribution in [0.1, 0.15) is 13.3 Å². The van der Waals surface area contributed by atoms with Crippen LogP contribution in [-0.4, -0.2) is 41.2 Å². The second kappa shape index (κ2) is 6.78. The lowest BCUT2D eigenvalue weighted by molar-refractivity contribution is -0.128. The Bertz CT molecular complexity index is 143. The van der Waals surface area contributed by atoms with Gasteiger partial charge in [0.15, 0.2) is 0 Å². The molecule has 0 bridgehead atoms. The predicted molar refractivity (Wildman–Crippen MR) is 59.0 cm³/mol. The number of nitrogens with zero attached hydrogens (tertiary/aromatic N) is 1. The van der Waals surface area contributed by atoms with E-state index >= 15 is 0 Å². The molecule has 0 aromatic carbocycles. The Morgan fingerprint density at radius 2 is 2.25 bits per heavy atom. The average molecular weight is 254 g/mol. The number of halogens is 1. The summed E-state index contributed by atoms with van der Waals surface area (Å²) in [4.78, 5) is 13.1. The van der Waals surface area contributed by atoms with Gasteiger partial charge >= 0.3 is 0 Å². The molecule has 0 N–H and O–H groups in total. The highest BCUT2D eigenvalue weighted by Gasteiger charge is 2.15. The molecule has 1 amide bonds. The highest BCUT2D eigenvalue weighted by atomic mass is 79.9. The molecular weight excluding hydrogens is 238 g/mol. The van der Waals surface area contributed by atoms with Crippen LogP contribution in [-0.2, 0) is 4.79 Å². The first-order chi connectivity index (χ1) is 5.67. The summed E-state index contributed by atoms with van der Waals surface area (Å²) in [6.45, 7) is 2.11. The van der Waals surface area contributed by atoms with Crippen LogP contribution >= 0.6 is 27.7 Å². The molecule has 0 saturated carbocycles. The Morgan fingerprint density at radius 3 is 2.58 bits per heavy atom. The van der Waals surface area contributed by atoms with Crippen molar-refractivity contribution in [3.05, 3.63) is 0 Å². The van der Waals surface area contributed by atoms with Gasteiger partial charge in [-0.15, -0.1) is 0 Å². The lowest BCUT2D eigenvalue weighted by Crippen LogP contribution is -2.38. The zero-order valence-corrected chi connectivity index (χ0v) is 10.2. The minimum Gasteiger partial charge on any atom is -0.341 e. The van der Waals surface area contributed by atoms with Crippen molar-refractivity contribution in [2.24, 2.45) is 0 Å². The molecule has 0 spiro atoms. The molecule has 0 radical (unpaired) electrons. The van der Waals surface area contributed by atoms with E-state index in [4.69, 9.17) is 0 Å². The third-order valence-electron chi connectivity index (χ3n) is 1.89. The summed E-state index contributed by atoms with van der Waals surface area (Å²) in [5.74, 6) is 1.18. The molecule has 0 fully saturated rings. The second-order valence-corrected chi connectivity index (χ2v) is 4.13. The van der Waals surface area contributed by atoms with Gasteiger partial charge in [0.25, 0.3) is 0 Å². The van der Waals surface area contributed by atoms with Gasteiger partial charge in [0.1, 0.15) is 0 Å². The fraction of sp³-hybridized carbons (Fsp3) is 0.875. The number of carbonyl (C=O) groups excluding carboxylic acids is 1. The minimum absolute atomic E-state index is 0.163. The van der Waals surface area contributed by atoms with Gasteiger partial charge in [-0.25, -0.2) is 0 Å². The fourth-order valence-electron chi connectivity index (χ4n) is 0.994. The highest BCUT2D eigenvalue weighted by Crippen LogP contribution is 2.08. The predicted octanol–water partition coefficient (Wildman–Crippen LogP) is 1.98. The molecule has 0 saturated heterocycles. The van der Waals surface area contributed by atoms with E-state index in [0.29, 0.717) is 11.4 Å². The zero-order valence-electron chi connectivity index (χ0n) is 7.84. The van der Waals surface area contributed by atoms with E-state index in [1.165, 1.54) is 0 Å². The molecule has 0 rings (SSSR count). The first-order valence-corrected chi connectivity index (χ1v) is 6.49. The van der Waals surface area contributed by atoms with Crippen molar-refractivity contribution in [3.63, 3.8) is 0 Å². The first-order valence-electron chi connectivity index (χ1n) is 3.97. The molecule has 1 atom stereocenters. The van der Waals surface area contributed by atoms with E-state index < -0.39 is 0 Å². The van der Waals surface area contributed by atoms with Crippen molar-refractivity contribution in [1.82, 2.24) is 4.90 Å². The molecule has 0 aromatic heterocycles. The SMILES string of the molecule is CCC(CSC)N(C)C(=O)CBr. The molecule has 0 aliphatic heterocycles. The summed E-state index contributed by atoms with van der Waals surface area (Å²) in [6.07, 6.45) is 3.09. The zero-order chi connectivity index (χ0) is 9.56. The van der Waals surface area contributed by atoms with Gasteiger partial charge < -0.3 is 4.90 Å². The fourth-order valence-corrected chi connectivity index (χ4v) is 2.23. The summed E-state index contributed by atoms with van der Waals surface area (Å²) in [7, 11) is 1.87. The van der Waals surface area contributed by atoms with Crippen LogP contribution in [0.2, 0.25) is 0 Å². The summed E-state index contributed by atoms with van der Waals surface area (Å²) >= 11 is 4.95. The Kier molecular flexibility index (Phi) is 6.95. The number of hydrogen-bond donors (Lipinski definition) is 0. The largest absolute Gasteiger partial charge is 0.341 e. The first kappa shape index (κ1) is 12.3. The maximum absolute atomic E-state index is 11.3. The van der Waals surface area contributed by atoms with E-state index in [0.717, 1.165) is 12.2 Å². The molecule has 72 valence electrons. The number of hydrogen-bond acceptors (Lipinski definition) is 2. The molecule has 0 aliphatic carbocycles. The van der Waals surface area contributed by atoms with Crippen LogP contribution in [0.25, 0.3) is 0 Å². The van der Waals surface area contributed by atoms with Crippen molar-refractivity contribution in [1.29, 1.82) is 0 Å². The molecule has 12 heavy (non-hydrogen) atoms. The molecule has 4 heteroatoms. The third-order valence-corrected chi connectivity index (χ3v) is 3.08. The van der Waals surface area contributed by atoms with Crippen LogP contribution in [0, 0.1) is 0 Å². The Hall–Kier alpha value is 0.300. The molecule has 1 unspecified atom stereocenters. The number of thioether (sulfide) groups is 1. The Labute approximate surface area is 87.2 Å². The number of carbonyl (C=O) groups is 1. The van der Waals surface area contributed by atoms with E-state index in [1.807, 2.05) is 11.9 Å². The van der Waals surface area contributed by atoms with Gasteiger partial charge in [-0.05, 0) is 12.7 Å². The summed E-state index contributed by atoms with van der Waals surface area (Å²) in [5, 5.41) is 0.425. The Balaban J connectivity index is 4.00. The smallest absolute Gasteiger partial charge is 0.233 e. The Morgan fingerprint density at radius 1 is 1.67 bits per heavy atom. The van der Waals surface area contributed by atoms with Crippen LogP contribution in [0.3, 0.4) is 0 Å². The molecular formula is C8H16BrNOS. The van der Waals surface area contributed by atoms with Crippen LogP contribution in [0.5, 0.6) is 0 Å². The lowest BCUT2D eigenvalue weighted by atomic mass is 10.2. The molecule has 2 nitrogen and oxygen atoms in total. The van der Waals surface area contributed by atoms with E-state index in [2.05, 4.69) is 29.1 Å². The summed E-state index contributed by atoms with van der Waals surface area (Å²) in [6, 6.07) is 0.380. The topological polar surface area (TPSA) is 20.3 Å². The van der Waals surface area contributed by atoms with E-state index in [-0.39, 0.29) is 5.91 Å². The number of alkyl halides is 1. The third kappa shape index (κ3) is 3.81. The van der Waals surface area contributed by atoms with E-state index in [1.54, 1.807) is 11.8 Å². The van der Waals surface area contributed by atoms with Crippen molar-refractivity contribution in [2.45, 2.75) is 19.4 Å².